The Morgan fingerprint density at radius 1 is 1.62 bits per heavy atom. The lowest BCUT2D eigenvalue weighted by molar-refractivity contribution is 0.0694. The molecule has 1 N–H and O–H groups in total. The van der Waals surface area contributed by atoms with Gasteiger partial charge in [0.2, 0.25) is 0 Å². The number of hydrogen-bond donors (Lipinski definition) is 1. The second-order valence-corrected chi connectivity index (χ2v) is 5.08. The summed E-state index contributed by atoms with van der Waals surface area (Å²) in [5, 5.41) is 9.02. The number of rotatable bonds is 5. The third kappa shape index (κ3) is 2.52. The normalized spacial score (nSPS) is 15.1. The highest BCUT2D eigenvalue weighted by Gasteiger charge is 2.30. The zero-order valence-electron chi connectivity index (χ0n) is 9.14. The van der Waals surface area contributed by atoms with Crippen LogP contribution in [0.5, 0.6) is 0 Å². The monoisotopic (exact) mass is 238 g/mol. The highest BCUT2D eigenvalue weighted by atomic mass is 32.2. The minimum absolute atomic E-state index is 0.271. The van der Waals surface area contributed by atoms with E-state index in [1.165, 1.54) is 6.20 Å². The molecule has 2 rings (SSSR count). The number of nitrogens with zero attached hydrogens (tertiary/aromatic N) is 2. The average Bonchev–Trinajstić information content (AvgIpc) is 3.09. The molecule has 1 aromatic rings. The molecule has 1 saturated carbocycles. The van der Waals surface area contributed by atoms with Gasteiger partial charge in [0.1, 0.15) is 5.82 Å². The van der Waals surface area contributed by atoms with Crippen molar-refractivity contribution in [2.75, 3.05) is 5.75 Å². The molecule has 16 heavy (non-hydrogen) atoms. The Hall–Kier alpha value is -1.10. The van der Waals surface area contributed by atoms with Gasteiger partial charge in [-0.1, -0.05) is 6.92 Å². The SMILES string of the molecule is CCSCc1ncc(C(=O)O)c(C2CC2)n1. The summed E-state index contributed by atoms with van der Waals surface area (Å²) in [7, 11) is 0. The van der Waals surface area contributed by atoms with Gasteiger partial charge in [-0.15, -0.1) is 0 Å². The number of hydrogen-bond acceptors (Lipinski definition) is 4. The van der Waals surface area contributed by atoms with Gasteiger partial charge in [-0.3, -0.25) is 0 Å². The predicted octanol–water partition coefficient (Wildman–Crippen LogP) is 2.31. The maximum Gasteiger partial charge on any atom is 0.339 e. The van der Waals surface area contributed by atoms with E-state index in [1.54, 1.807) is 11.8 Å². The molecular formula is C11H14N2O2S. The van der Waals surface area contributed by atoms with Crippen molar-refractivity contribution in [1.82, 2.24) is 9.97 Å². The van der Waals surface area contributed by atoms with E-state index in [4.69, 9.17) is 5.11 Å². The molecule has 0 radical (unpaired) electrons. The molecule has 5 heteroatoms. The van der Waals surface area contributed by atoms with E-state index in [9.17, 15) is 4.79 Å². The molecule has 0 amide bonds. The van der Waals surface area contributed by atoms with Crippen LogP contribution in [0.4, 0.5) is 0 Å². The van der Waals surface area contributed by atoms with Gasteiger partial charge in [-0.2, -0.15) is 11.8 Å². The molecule has 1 aliphatic rings. The summed E-state index contributed by atoms with van der Waals surface area (Å²) in [5.74, 6) is 1.95. The van der Waals surface area contributed by atoms with Gasteiger partial charge in [0.25, 0.3) is 0 Å². The number of thioether (sulfide) groups is 1. The lowest BCUT2D eigenvalue weighted by Gasteiger charge is -2.05. The number of carboxylic acids is 1. The molecule has 0 bridgehead atoms. The van der Waals surface area contributed by atoms with Crippen molar-refractivity contribution in [2.24, 2.45) is 0 Å². The Balaban J connectivity index is 2.25. The fraction of sp³-hybridized carbons (Fsp3) is 0.545. The Bertz CT molecular complexity index is 405. The lowest BCUT2D eigenvalue weighted by Crippen LogP contribution is -2.07. The topological polar surface area (TPSA) is 63.1 Å². The molecule has 0 saturated heterocycles. The molecule has 0 spiro atoms. The smallest absolute Gasteiger partial charge is 0.339 e. The van der Waals surface area contributed by atoms with Crippen LogP contribution in [0.2, 0.25) is 0 Å². The van der Waals surface area contributed by atoms with Crippen molar-refractivity contribution in [2.45, 2.75) is 31.4 Å². The summed E-state index contributed by atoms with van der Waals surface area (Å²) < 4.78 is 0. The minimum atomic E-state index is -0.920. The van der Waals surface area contributed by atoms with Crippen molar-refractivity contribution < 1.29 is 9.90 Å². The van der Waals surface area contributed by atoms with Crippen LogP contribution < -0.4 is 0 Å². The van der Waals surface area contributed by atoms with Crippen LogP contribution in [0, 0.1) is 0 Å². The van der Waals surface area contributed by atoms with E-state index in [1.807, 2.05) is 0 Å². The fourth-order valence-electron chi connectivity index (χ4n) is 1.53. The number of aromatic nitrogens is 2. The Morgan fingerprint density at radius 2 is 2.38 bits per heavy atom. The standard InChI is InChI=1S/C11H14N2O2S/c1-2-16-6-9-12-5-8(11(14)15)10(13-9)7-3-4-7/h5,7H,2-4,6H2,1H3,(H,14,15). The first-order valence-corrected chi connectivity index (χ1v) is 6.54. The summed E-state index contributed by atoms with van der Waals surface area (Å²) >= 11 is 1.74. The number of carboxylic acid groups (broad SMARTS) is 1. The van der Waals surface area contributed by atoms with Gasteiger partial charge in [-0.05, 0) is 18.6 Å². The van der Waals surface area contributed by atoms with Gasteiger partial charge in [-0.25, -0.2) is 14.8 Å². The Morgan fingerprint density at radius 3 is 2.94 bits per heavy atom. The molecule has 1 aromatic heterocycles. The van der Waals surface area contributed by atoms with E-state index < -0.39 is 5.97 Å². The van der Waals surface area contributed by atoms with E-state index >= 15 is 0 Å². The molecule has 1 heterocycles. The van der Waals surface area contributed by atoms with Crippen LogP contribution >= 0.6 is 11.8 Å². The van der Waals surface area contributed by atoms with Crippen LogP contribution in [0.15, 0.2) is 6.20 Å². The van der Waals surface area contributed by atoms with Crippen LogP contribution in [-0.2, 0) is 5.75 Å². The molecule has 4 nitrogen and oxygen atoms in total. The molecule has 0 aromatic carbocycles. The molecule has 86 valence electrons. The number of aromatic carboxylic acids is 1. The minimum Gasteiger partial charge on any atom is -0.478 e. The van der Waals surface area contributed by atoms with Gasteiger partial charge in [0.15, 0.2) is 0 Å². The average molecular weight is 238 g/mol. The maximum atomic E-state index is 11.0. The zero-order valence-corrected chi connectivity index (χ0v) is 9.96. The highest BCUT2D eigenvalue weighted by molar-refractivity contribution is 7.98. The fourth-order valence-corrected chi connectivity index (χ4v) is 2.05. The summed E-state index contributed by atoms with van der Waals surface area (Å²) in [5.41, 5.74) is 1.00. The van der Waals surface area contributed by atoms with Gasteiger partial charge < -0.3 is 5.11 Å². The highest BCUT2D eigenvalue weighted by Crippen LogP contribution is 2.40. The Labute approximate surface area is 98.5 Å². The van der Waals surface area contributed by atoms with Gasteiger partial charge >= 0.3 is 5.97 Å². The second kappa shape index (κ2) is 4.82. The maximum absolute atomic E-state index is 11.0. The first-order valence-electron chi connectivity index (χ1n) is 5.39. The molecule has 0 unspecified atom stereocenters. The quantitative estimate of drug-likeness (QED) is 0.852. The Kier molecular flexibility index (Phi) is 3.43. The van der Waals surface area contributed by atoms with E-state index in [-0.39, 0.29) is 5.56 Å². The first kappa shape index (κ1) is 11.4. The van der Waals surface area contributed by atoms with Crippen molar-refractivity contribution in [3.8, 4) is 0 Å². The van der Waals surface area contributed by atoms with E-state index in [0.717, 1.165) is 35.9 Å². The molecule has 1 aliphatic carbocycles. The zero-order chi connectivity index (χ0) is 11.5. The van der Waals surface area contributed by atoms with Crippen LogP contribution in [-0.4, -0.2) is 26.8 Å². The molecule has 0 aliphatic heterocycles. The molecule has 0 atom stereocenters. The summed E-state index contributed by atoms with van der Waals surface area (Å²) in [6.07, 6.45) is 3.56. The molecule has 1 fully saturated rings. The van der Waals surface area contributed by atoms with E-state index in [0.29, 0.717) is 5.92 Å². The van der Waals surface area contributed by atoms with Crippen LogP contribution in [0.25, 0.3) is 0 Å². The van der Waals surface area contributed by atoms with Crippen molar-refractivity contribution in [3.63, 3.8) is 0 Å². The van der Waals surface area contributed by atoms with Crippen molar-refractivity contribution >= 4 is 17.7 Å². The predicted molar refractivity (Wildman–Crippen MR) is 62.8 cm³/mol. The third-order valence-electron chi connectivity index (χ3n) is 2.50. The van der Waals surface area contributed by atoms with E-state index in [2.05, 4.69) is 16.9 Å². The number of carbonyl (C=O) groups is 1. The lowest BCUT2D eigenvalue weighted by atomic mass is 10.1. The van der Waals surface area contributed by atoms with Crippen LogP contribution in [0.3, 0.4) is 0 Å². The third-order valence-corrected chi connectivity index (χ3v) is 3.37. The van der Waals surface area contributed by atoms with Gasteiger partial charge in [0, 0.05) is 12.1 Å². The largest absolute Gasteiger partial charge is 0.478 e. The van der Waals surface area contributed by atoms with Crippen LogP contribution in [0.1, 0.15) is 47.6 Å². The van der Waals surface area contributed by atoms with Crippen molar-refractivity contribution in [1.29, 1.82) is 0 Å². The van der Waals surface area contributed by atoms with Gasteiger partial charge in [0.05, 0.1) is 17.0 Å². The second-order valence-electron chi connectivity index (χ2n) is 3.80. The summed E-state index contributed by atoms with van der Waals surface area (Å²) in [4.78, 5) is 19.5. The molecular weight excluding hydrogens is 224 g/mol. The first-order chi connectivity index (χ1) is 7.72. The summed E-state index contributed by atoms with van der Waals surface area (Å²) in [6, 6.07) is 0. The van der Waals surface area contributed by atoms with Crippen molar-refractivity contribution in [3.05, 3.63) is 23.3 Å². The summed E-state index contributed by atoms with van der Waals surface area (Å²) in [6.45, 7) is 2.08.